The number of hydrogen-bond acceptors (Lipinski definition) is 5. The molecule has 0 bridgehead atoms. The maximum atomic E-state index is 12.3. The van der Waals surface area contributed by atoms with Gasteiger partial charge in [-0.3, -0.25) is 4.99 Å². The van der Waals surface area contributed by atoms with Crippen LogP contribution in [0.2, 0.25) is 0 Å². The summed E-state index contributed by atoms with van der Waals surface area (Å²) in [6, 6.07) is -0.0261. The quantitative estimate of drug-likeness (QED) is 0.615. The zero-order chi connectivity index (χ0) is 11.7. The van der Waals surface area contributed by atoms with Crippen molar-refractivity contribution in [2.75, 3.05) is 13.7 Å². The molecule has 5 atom stereocenters. The summed E-state index contributed by atoms with van der Waals surface area (Å²) in [5.74, 6) is 0. The van der Waals surface area contributed by atoms with Gasteiger partial charge < -0.3 is 20.3 Å². The average Bonchev–Trinajstić information content (AvgIpc) is 2.68. The number of hydrogen-bond donors (Lipinski definition) is 3. The fourth-order valence-electron chi connectivity index (χ4n) is 1.94. The molecule has 2 aliphatic heterocycles. The number of aliphatic hydroxyl groups is 2. The molecule has 2 rings (SSSR count). The van der Waals surface area contributed by atoms with Crippen LogP contribution in [0.5, 0.6) is 0 Å². The topological polar surface area (TPSA) is 74.1 Å². The van der Waals surface area contributed by atoms with Gasteiger partial charge in [-0.2, -0.15) is 0 Å². The first-order valence-electron chi connectivity index (χ1n) is 5.13. The van der Waals surface area contributed by atoms with Crippen LogP contribution in [0.15, 0.2) is 4.99 Å². The number of nitrogens with zero attached hydrogens (tertiary/aromatic N) is 1. The Morgan fingerprint density at radius 1 is 1.75 bits per heavy atom. The molecule has 0 saturated carbocycles. The molecular formula is C9H15FN2O3S. The highest BCUT2D eigenvalue weighted by Crippen LogP contribution is 2.34. The van der Waals surface area contributed by atoms with Crippen molar-refractivity contribution < 1.29 is 19.3 Å². The van der Waals surface area contributed by atoms with E-state index in [4.69, 9.17) is 4.74 Å². The highest BCUT2D eigenvalue weighted by molar-refractivity contribution is 8.14. The lowest BCUT2D eigenvalue weighted by atomic mass is 9.98. The first-order chi connectivity index (χ1) is 7.65. The number of ether oxygens (including phenoxy) is 1. The van der Waals surface area contributed by atoms with Gasteiger partial charge >= 0.3 is 0 Å². The van der Waals surface area contributed by atoms with Gasteiger partial charge in [-0.25, -0.2) is 4.39 Å². The standard InChI is InChI=1S/C9H15FN2O3S/c1-11-9-12-4-2-5(13)7(6(14)3-10)15-8(4)16-9/h4-8,13-14H,2-3H2,1H3,(H,11,12). The highest BCUT2D eigenvalue weighted by Gasteiger charge is 2.44. The number of aliphatic imine (C=N–C) groups is 1. The zero-order valence-electron chi connectivity index (χ0n) is 8.84. The number of amidine groups is 1. The molecule has 3 N–H and O–H groups in total. The van der Waals surface area contributed by atoms with Gasteiger partial charge in [0.25, 0.3) is 0 Å². The van der Waals surface area contributed by atoms with Crippen LogP contribution in [-0.4, -0.2) is 58.9 Å². The molecular weight excluding hydrogens is 235 g/mol. The molecule has 0 spiro atoms. The molecule has 0 aromatic heterocycles. The normalized spacial score (nSPS) is 42.9. The second-order valence-corrected chi connectivity index (χ2v) is 4.98. The van der Waals surface area contributed by atoms with Crippen molar-refractivity contribution in [3.05, 3.63) is 0 Å². The highest BCUT2D eigenvalue weighted by atomic mass is 32.2. The van der Waals surface area contributed by atoms with E-state index in [1.165, 1.54) is 11.8 Å². The number of thioether (sulfide) groups is 1. The number of aliphatic hydroxyl groups excluding tert-OH is 2. The van der Waals surface area contributed by atoms with Gasteiger partial charge in [0.2, 0.25) is 0 Å². The molecule has 2 fully saturated rings. The van der Waals surface area contributed by atoms with Crippen molar-refractivity contribution in [3.63, 3.8) is 0 Å². The van der Waals surface area contributed by atoms with Gasteiger partial charge in [-0.15, -0.1) is 0 Å². The van der Waals surface area contributed by atoms with Crippen LogP contribution in [0.4, 0.5) is 4.39 Å². The van der Waals surface area contributed by atoms with Crippen molar-refractivity contribution in [2.24, 2.45) is 4.99 Å². The average molecular weight is 250 g/mol. The molecule has 5 unspecified atom stereocenters. The zero-order valence-corrected chi connectivity index (χ0v) is 9.65. The third kappa shape index (κ3) is 2.17. The summed E-state index contributed by atoms with van der Waals surface area (Å²) in [5, 5.41) is 23.0. The Bertz CT molecular complexity index is 292. The molecule has 0 aliphatic carbocycles. The van der Waals surface area contributed by atoms with Gasteiger partial charge in [0.1, 0.15) is 24.3 Å². The fourth-order valence-corrected chi connectivity index (χ4v) is 3.01. The Morgan fingerprint density at radius 3 is 3.12 bits per heavy atom. The molecule has 2 aliphatic rings. The van der Waals surface area contributed by atoms with E-state index in [2.05, 4.69) is 10.3 Å². The minimum atomic E-state index is -1.26. The number of nitrogens with one attached hydrogen (secondary N) is 1. The SMILES string of the molecule is CN=C1NC2CC(O)C(C(O)CF)OC2S1. The second kappa shape index (κ2) is 4.87. The lowest BCUT2D eigenvalue weighted by Crippen LogP contribution is -2.52. The van der Waals surface area contributed by atoms with E-state index < -0.39 is 25.0 Å². The van der Waals surface area contributed by atoms with Gasteiger partial charge in [0.15, 0.2) is 5.17 Å². The monoisotopic (exact) mass is 250 g/mol. The van der Waals surface area contributed by atoms with Crippen molar-refractivity contribution in [2.45, 2.75) is 36.2 Å². The summed E-state index contributed by atoms with van der Waals surface area (Å²) >= 11 is 1.40. The molecule has 0 aromatic carbocycles. The van der Waals surface area contributed by atoms with Crippen molar-refractivity contribution in [3.8, 4) is 0 Å². The third-order valence-electron chi connectivity index (χ3n) is 2.77. The molecule has 5 nitrogen and oxygen atoms in total. The molecule has 2 heterocycles. The van der Waals surface area contributed by atoms with Crippen LogP contribution < -0.4 is 5.32 Å². The van der Waals surface area contributed by atoms with Crippen LogP contribution in [0.25, 0.3) is 0 Å². The van der Waals surface area contributed by atoms with Crippen LogP contribution >= 0.6 is 11.8 Å². The smallest absolute Gasteiger partial charge is 0.159 e. The third-order valence-corrected chi connectivity index (χ3v) is 3.97. The summed E-state index contributed by atoms with van der Waals surface area (Å²) in [6.07, 6.45) is -2.54. The molecule has 16 heavy (non-hydrogen) atoms. The molecule has 0 aromatic rings. The minimum Gasteiger partial charge on any atom is -0.390 e. The van der Waals surface area contributed by atoms with Crippen molar-refractivity contribution >= 4 is 16.9 Å². The Balaban J connectivity index is 2.03. The van der Waals surface area contributed by atoms with E-state index in [1.807, 2.05) is 0 Å². The van der Waals surface area contributed by atoms with Crippen molar-refractivity contribution in [1.82, 2.24) is 5.32 Å². The van der Waals surface area contributed by atoms with Crippen LogP contribution in [-0.2, 0) is 4.74 Å². The van der Waals surface area contributed by atoms with Crippen LogP contribution in [0, 0.1) is 0 Å². The van der Waals surface area contributed by atoms with E-state index in [0.717, 1.165) is 5.17 Å². The van der Waals surface area contributed by atoms with E-state index in [1.54, 1.807) is 7.05 Å². The number of halogens is 1. The Hall–Kier alpha value is -0.370. The summed E-state index contributed by atoms with van der Waals surface area (Å²) < 4.78 is 17.8. The number of rotatable bonds is 2. The van der Waals surface area contributed by atoms with Crippen molar-refractivity contribution in [1.29, 1.82) is 0 Å². The van der Waals surface area contributed by atoms with Crippen LogP contribution in [0.1, 0.15) is 6.42 Å². The maximum Gasteiger partial charge on any atom is 0.159 e. The summed E-state index contributed by atoms with van der Waals surface area (Å²) in [4.78, 5) is 4.00. The number of fused-ring (bicyclic) bond motifs is 1. The summed E-state index contributed by atoms with van der Waals surface area (Å²) in [7, 11) is 1.66. The van der Waals surface area contributed by atoms with Gasteiger partial charge in [-0.1, -0.05) is 11.8 Å². The molecule has 7 heteroatoms. The van der Waals surface area contributed by atoms with Crippen LogP contribution in [0.3, 0.4) is 0 Å². The number of alkyl halides is 1. The van der Waals surface area contributed by atoms with Gasteiger partial charge in [-0.05, 0) is 6.42 Å². The second-order valence-electron chi connectivity index (χ2n) is 3.89. The summed E-state index contributed by atoms with van der Waals surface area (Å²) in [5.41, 5.74) is -0.215. The van der Waals surface area contributed by atoms with E-state index in [9.17, 15) is 14.6 Å². The minimum absolute atomic E-state index is 0.0261. The van der Waals surface area contributed by atoms with Gasteiger partial charge in [0, 0.05) is 7.05 Å². The summed E-state index contributed by atoms with van der Waals surface area (Å²) in [6.45, 7) is -0.911. The van der Waals surface area contributed by atoms with E-state index in [0.29, 0.717) is 6.42 Å². The van der Waals surface area contributed by atoms with E-state index >= 15 is 0 Å². The molecule has 92 valence electrons. The Morgan fingerprint density at radius 2 is 2.50 bits per heavy atom. The Kier molecular flexibility index (Phi) is 3.68. The molecule has 2 saturated heterocycles. The molecule has 0 amide bonds. The lowest BCUT2D eigenvalue weighted by Gasteiger charge is -2.36. The first kappa shape index (κ1) is 12.1. The molecule has 0 radical (unpaired) electrons. The largest absolute Gasteiger partial charge is 0.390 e. The van der Waals surface area contributed by atoms with Gasteiger partial charge in [0.05, 0.1) is 12.1 Å². The van der Waals surface area contributed by atoms with E-state index in [-0.39, 0.29) is 11.5 Å². The fraction of sp³-hybridized carbons (Fsp3) is 0.889. The lowest BCUT2D eigenvalue weighted by molar-refractivity contribution is -0.146. The maximum absolute atomic E-state index is 12.3. The first-order valence-corrected chi connectivity index (χ1v) is 6.01. The predicted molar refractivity (Wildman–Crippen MR) is 59.1 cm³/mol. The predicted octanol–water partition coefficient (Wildman–Crippen LogP) is -0.517. The Labute approximate surface area is 97.1 Å².